The maximum absolute atomic E-state index is 9.30. The van der Waals surface area contributed by atoms with Crippen LogP contribution in [0, 0.1) is 18.3 Å². The van der Waals surface area contributed by atoms with Crippen molar-refractivity contribution in [3.05, 3.63) is 29.3 Å². The molecule has 1 saturated heterocycles. The molecule has 1 unspecified atom stereocenters. The molecule has 1 fully saturated rings. The van der Waals surface area contributed by atoms with Crippen LogP contribution in [-0.4, -0.2) is 37.6 Å². The van der Waals surface area contributed by atoms with Gasteiger partial charge in [0.1, 0.15) is 6.07 Å². The predicted molar refractivity (Wildman–Crippen MR) is 74.8 cm³/mol. The minimum Gasteiger partial charge on any atom is -0.366 e. The van der Waals surface area contributed by atoms with Gasteiger partial charge in [-0.3, -0.25) is 0 Å². The number of hydrogen-bond donors (Lipinski definition) is 0. The zero-order valence-electron chi connectivity index (χ0n) is 11.5. The molecule has 0 spiro atoms. The van der Waals surface area contributed by atoms with Gasteiger partial charge in [0.15, 0.2) is 0 Å². The van der Waals surface area contributed by atoms with Crippen LogP contribution in [-0.2, 0) is 0 Å². The summed E-state index contributed by atoms with van der Waals surface area (Å²) in [7, 11) is 2.17. The maximum atomic E-state index is 9.30. The molecule has 1 aromatic rings. The molecule has 0 amide bonds. The number of aryl methyl sites for hydroxylation is 1. The van der Waals surface area contributed by atoms with Crippen molar-refractivity contribution in [2.75, 3.05) is 31.6 Å². The molecule has 3 nitrogen and oxygen atoms in total. The molecule has 0 bridgehead atoms. The third-order valence-corrected chi connectivity index (χ3v) is 3.69. The van der Waals surface area contributed by atoms with E-state index in [1.54, 1.807) is 0 Å². The van der Waals surface area contributed by atoms with E-state index in [9.17, 15) is 5.26 Å². The highest BCUT2D eigenvalue weighted by Gasteiger charge is 2.22. The van der Waals surface area contributed by atoms with Gasteiger partial charge in [-0.1, -0.05) is 12.1 Å². The standard InChI is InChI=1S/C15H21N3/c1-12-6-4-7-14(10-16)15(12)18-9-5-8-17(3)11-13(18)2/h4,6-7,13H,5,8-9,11H2,1-3H3. The van der Waals surface area contributed by atoms with Gasteiger partial charge in [0.25, 0.3) is 0 Å². The fourth-order valence-electron chi connectivity index (χ4n) is 2.83. The summed E-state index contributed by atoms with van der Waals surface area (Å²) < 4.78 is 0. The van der Waals surface area contributed by atoms with Gasteiger partial charge in [-0.2, -0.15) is 5.26 Å². The van der Waals surface area contributed by atoms with E-state index in [2.05, 4.69) is 42.8 Å². The number of hydrogen-bond acceptors (Lipinski definition) is 3. The molecule has 1 aromatic carbocycles. The van der Waals surface area contributed by atoms with Gasteiger partial charge in [-0.05, 0) is 45.5 Å². The molecule has 18 heavy (non-hydrogen) atoms. The van der Waals surface area contributed by atoms with Crippen molar-refractivity contribution in [2.45, 2.75) is 26.3 Å². The Morgan fingerprint density at radius 1 is 1.33 bits per heavy atom. The second-order valence-electron chi connectivity index (χ2n) is 5.24. The van der Waals surface area contributed by atoms with Crippen LogP contribution in [0.15, 0.2) is 18.2 Å². The Balaban J connectivity index is 2.38. The van der Waals surface area contributed by atoms with Crippen LogP contribution in [0.25, 0.3) is 0 Å². The van der Waals surface area contributed by atoms with Gasteiger partial charge >= 0.3 is 0 Å². The minimum atomic E-state index is 0.450. The van der Waals surface area contributed by atoms with Crippen molar-refractivity contribution in [1.29, 1.82) is 5.26 Å². The molecule has 0 aliphatic carbocycles. The lowest BCUT2D eigenvalue weighted by Crippen LogP contribution is -2.38. The van der Waals surface area contributed by atoms with Gasteiger partial charge in [-0.25, -0.2) is 0 Å². The second-order valence-corrected chi connectivity index (χ2v) is 5.24. The fourth-order valence-corrected chi connectivity index (χ4v) is 2.83. The average molecular weight is 243 g/mol. The number of benzene rings is 1. The Labute approximate surface area is 110 Å². The molecule has 0 N–H and O–H groups in total. The highest BCUT2D eigenvalue weighted by atomic mass is 15.2. The van der Waals surface area contributed by atoms with Gasteiger partial charge in [0.05, 0.1) is 11.3 Å². The molecule has 3 heteroatoms. The number of anilines is 1. The van der Waals surface area contributed by atoms with Crippen LogP contribution in [0.1, 0.15) is 24.5 Å². The predicted octanol–water partition coefficient (Wildman–Crippen LogP) is 2.40. The molecule has 0 aromatic heterocycles. The molecular formula is C15H21N3. The van der Waals surface area contributed by atoms with Crippen molar-refractivity contribution in [3.8, 4) is 6.07 Å². The van der Waals surface area contributed by atoms with Gasteiger partial charge in [0, 0.05) is 19.1 Å². The number of likely N-dealkylation sites (N-methyl/N-ethyl adjacent to an activating group) is 1. The first-order chi connectivity index (χ1) is 8.63. The molecule has 2 rings (SSSR count). The lowest BCUT2D eigenvalue weighted by molar-refractivity contribution is 0.337. The lowest BCUT2D eigenvalue weighted by atomic mass is 10.1. The molecular weight excluding hydrogens is 222 g/mol. The van der Waals surface area contributed by atoms with Crippen molar-refractivity contribution >= 4 is 5.69 Å². The Morgan fingerprint density at radius 2 is 2.11 bits per heavy atom. The van der Waals surface area contributed by atoms with Crippen molar-refractivity contribution < 1.29 is 0 Å². The third kappa shape index (κ3) is 2.49. The number of para-hydroxylation sites is 1. The lowest BCUT2D eigenvalue weighted by Gasteiger charge is -2.32. The largest absolute Gasteiger partial charge is 0.366 e. The molecule has 1 atom stereocenters. The van der Waals surface area contributed by atoms with E-state index in [0.29, 0.717) is 6.04 Å². The van der Waals surface area contributed by atoms with Gasteiger partial charge in [0.2, 0.25) is 0 Å². The Hall–Kier alpha value is -1.53. The molecule has 0 saturated carbocycles. The van der Waals surface area contributed by atoms with Crippen molar-refractivity contribution in [3.63, 3.8) is 0 Å². The van der Waals surface area contributed by atoms with Gasteiger partial charge < -0.3 is 9.80 Å². The molecule has 0 radical (unpaired) electrons. The van der Waals surface area contributed by atoms with Crippen molar-refractivity contribution in [1.82, 2.24) is 4.90 Å². The average Bonchev–Trinajstić information content (AvgIpc) is 2.50. The summed E-state index contributed by atoms with van der Waals surface area (Å²) in [4.78, 5) is 4.77. The smallest absolute Gasteiger partial charge is 0.101 e. The van der Waals surface area contributed by atoms with Crippen LogP contribution in [0.4, 0.5) is 5.69 Å². The summed E-state index contributed by atoms with van der Waals surface area (Å²) in [6.07, 6.45) is 1.15. The van der Waals surface area contributed by atoms with E-state index in [1.165, 1.54) is 5.56 Å². The Kier molecular flexibility index (Phi) is 3.88. The van der Waals surface area contributed by atoms with E-state index in [4.69, 9.17) is 0 Å². The zero-order valence-corrected chi connectivity index (χ0v) is 11.5. The highest BCUT2D eigenvalue weighted by molar-refractivity contribution is 5.64. The summed E-state index contributed by atoms with van der Waals surface area (Å²) in [6, 6.07) is 8.76. The molecule has 96 valence electrons. The quantitative estimate of drug-likeness (QED) is 0.758. The summed E-state index contributed by atoms with van der Waals surface area (Å²) in [5, 5.41) is 9.30. The number of nitrogens with zero attached hydrogens (tertiary/aromatic N) is 3. The van der Waals surface area contributed by atoms with Gasteiger partial charge in [-0.15, -0.1) is 0 Å². The molecule has 1 heterocycles. The summed E-state index contributed by atoms with van der Waals surface area (Å²) in [5.41, 5.74) is 3.12. The molecule has 1 aliphatic rings. The van der Waals surface area contributed by atoms with E-state index in [1.807, 2.05) is 12.1 Å². The van der Waals surface area contributed by atoms with Crippen molar-refractivity contribution in [2.24, 2.45) is 0 Å². The monoisotopic (exact) mass is 243 g/mol. The first-order valence-electron chi connectivity index (χ1n) is 6.58. The first kappa shape index (κ1) is 12.9. The van der Waals surface area contributed by atoms with E-state index in [-0.39, 0.29) is 0 Å². The van der Waals surface area contributed by atoms with E-state index >= 15 is 0 Å². The van der Waals surface area contributed by atoms with Crippen LogP contribution in [0.2, 0.25) is 0 Å². The Bertz CT molecular complexity index is 461. The fraction of sp³-hybridized carbons (Fsp3) is 0.533. The summed E-state index contributed by atoms with van der Waals surface area (Å²) >= 11 is 0. The maximum Gasteiger partial charge on any atom is 0.101 e. The van der Waals surface area contributed by atoms with Crippen LogP contribution >= 0.6 is 0 Å². The number of nitriles is 1. The summed E-state index contributed by atoms with van der Waals surface area (Å²) in [5.74, 6) is 0. The first-order valence-corrected chi connectivity index (χ1v) is 6.58. The van der Waals surface area contributed by atoms with E-state index in [0.717, 1.165) is 37.3 Å². The SMILES string of the molecule is Cc1cccc(C#N)c1N1CCCN(C)CC1C. The molecule has 1 aliphatic heterocycles. The minimum absolute atomic E-state index is 0.450. The zero-order chi connectivity index (χ0) is 13.1. The van der Waals surface area contributed by atoms with Crippen LogP contribution < -0.4 is 4.90 Å². The van der Waals surface area contributed by atoms with Crippen LogP contribution in [0.5, 0.6) is 0 Å². The third-order valence-electron chi connectivity index (χ3n) is 3.69. The summed E-state index contributed by atoms with van der Waals surface area (Å²) in [6.45, 7) is 7.56. The second kappa shape index (κ2) is 5.41. The highest BCUT2D eigenvalue weighted by Crippen LogP contribution is 2.27. The van der Waals surface area contributed by atoms with Crippen LogP contribution in [0.3, 0.4) is 0 Å². The topological polar surface area (TPSA) is 30.3 Å². The van der Waals surface area contributed by atoms with E-state index < -0.39 is 0 Å². The Morgan fingerprint density at radius 3 is 2.83 bits per heavy atom. The normalized spacial score (nSPS) is 21.4. The number of rotatable bonds is 1.